The van der Waals surface area contributed by atoms with Crippen LogP contribution in [0, 0.1) is 12.8 Å². The molecule has 2 aliphatic rings. The van der Waals surface area contributed by atoms with Crippen molar-refractivity contribution >= 4 is 74.5 Å². The lowest BCUT2D eigenvalue weighted by molar-refractivity contribution is -0.282. The van der Waals surface area contributed by atoms with Crippen LogP contribution in [0.5, 0.6) is 5.75 Å². The highest BCUT2D eigenvalue weighted by atomic mass is 35.5. The minimum absolute atomic E-state index is 0.0742. The molecule has 1 saturated heterocycles. The number of ether oxygens (including phenoxy) is 7. The minimum Gasteiger partial charge on any atom is -0.467 e. The summed E-state index contributed by atoms with van der Waals surface area (Å²) in [6.07, 6.45) is -7.40. The Balaban J connectivity index is 1.74. The van der Waals surface area contributed by atoms with Gasteiger partial charge in [-0.3, -0.25) is 24.0 Å². The van der Waals surface area contributed by atoms with Gasteiger partial charge in [-0.15, -0.1) is 22.9 Å². The maximum atomic E-state index is 13.6. The molecule has 0 aliphatic carbocycles. The lowest BCUT2D eigenvalue weighted by Crippen LogP contribution is -2.64. The first kappa shape index (κ1) is 38.8. The Morgan fingerprint density at radius 2 is 1.62 bits per heavy atom. The maximum Gasteiger partial charge on any atom is 0.339 e. The lowest BCUT2D eigenvalue weighted by Gasteiger charge is -2.43. The van der Waals surface area contributed by atoms with Gasteiger partial charge in [-0.05, 0) is 35.8 Å². The van der Waals surface area contributed by atoms with Gasteiger partial charge in [-0.2, -0.15) is 0 Å². The van der Waals surface area contributed by atoms with Gasteiger partial charge >= 0.3 is 29.8 Å². The summed E-state index contributed by atoms with van der Waals surface area (Å²) in [5.41, 5.74) is 2.28. The van der Waals surface area contributed by atoms with Crippen molar-refractivity contribution in [2.24, 2.45) is 5.92 Å². The van der Waals surface area contributed by atoms with E-state index < -0.39 is 54.6 Å². The molecule has 50 heavy (non-hydrogen) atoms. The standard InChI is InChI=1S/C34H42ClNO13S/c1-16(2)14-44-25(41)10-8-9-24(40)36-13-21(12-35)27-22(36)11-23(32-26(27)17(3)15-50-32)48-34-31(47-20(6)39)29(46-19(5)38)28(45-18(4)37)30(49-34)33(42)43-7/h11,15-16,21,28-31,34H,8-10,12-14H2,1-7H3/t21-,28+,29+,30+,31-,34-/m1/s1. The number of anilines is 1. The quantitative estimate of drug-likeness (QED) is 0.162. The van der Waals surface area contributed by atoms with Gasteiger partial charge < -0.3 is 38.1 Å². The van der Waals surface area contributed by atoms with Crippen molar-refractivity contribution in [3.05, 3.63) is 22.6 Å². The van der Waals surface area contributed by atoms with E-state index in [1.165, 1.54) is 11.3 Å². The fourth-order valence-corrected chi connectivity index (χ4v) is 7.28. The number of benzene rings is 1. The number of hydrogen-bond donors (Lipinski definition) is 0. The highest BCUT2D eigenvalue weighted by molar-refractivity contribution is 7.17. The van der Waals surface area contributed by atoms with E-state index in [-0.39, 0.29) is 54.6 Å². The van der Waals surface area contributed by atoms with Crippen LogP contribution in [-0.2, 0) is 57.2 Å². The molecule has 1 fully saturated rings. The zero-order chi connectivity index (χ0) is 36.9. The van der Waals surface area contributed by atoms with Crippen molar-refractivity contribution in [1.82, 2.24) is 0 Å². The van der Waals surface area contributed by atoms with Crippen molar-refractivity contribution in [3.63, 3.8) is 0 Å². The zero-order valence-electron chi connectivity index (χ0n) is 29.0. The number of carbonyl (C=O) groups is 6. The van der Waals surface area contributed by atoms with E-state index in [1.54, 1.807) is 11.0 Å². The van der Waals surface area contributed by atoms with Crippen LogP contribution in [0.3, 0.4) is 0 Å². The van der Waals surface area contributed by atoms with E-state index in [0.29, 0.717) is 23.5 Å². The lowest BCUT2D eigenvalue weighted by atomic mass is 9.96. The molecule has 0 unspecified atom stereocenters. The smallest absolute Gasteiger partial charge is 0.339 e. The van der Waals surface area contributed by atoms with Crippen LogP contribution in [-0.4, -0.2) is 92.6 Å². The summed E-state index contributed by atoms with van der Waals surface area (Å²) in [7, 11) is 1.09. The SMILES string of the molecule is COC(=O)[C@H]1O[C@@H](Oc2cc3c(c4c(C)csc24)[C@H](CCl)CN3C(=O)CCCC(=O)OCC(C)C)[C@H](OC(C)=O)[C@@H](OC(C)=O)[C@@H]1OC(C)=O. The van der Waals surface area contributed by atoms with E-state index >= 15 is 0 Å². The molecule has 0 N–H and O–H groups in total. The first-order valence-electron chi connectivity index (χ1n) is 16.1. The number of thiophene rings is 1. The fraction of sp³-hybridized carbons (Fsp3) is 0.588. The third kappa shape index (κ3) is 8.85. The Hall–Kier alpha value is -3.95. The number of esters is 5. The van der Waals surface area contributed by atoms with Crippen LogP contribution < -0.4 is 9.64 Å². The highest BCUT2D eigenvalue weighted by Gasteiger charge is 2.56. The molecule has 4 rings (SSSR count). The second kappa shape index (κ2) is 16.8. The monoisotopic (exact) mass is 739 g/mol. The molecule has 1 aromatic heterocycles. The summed E-state index contributed by atoms with van der Waals surface area (Å²) in [5.74, 6) is -3.60. The van der Waals surface area contributed by atoms with Crippen LogP contribution in [0.25, 0.3) is 10.1 Å². The first-order valence-corrected chi connectivity index (χ1v) is 17.6. The topological polar surface area (TPSA) is 170 Å². The average molecular weight is 740 g/mol. The van der Waals surface area contributed by atoms with Crippen molar-refractivity contribution in [1.29, 1.82) is 0 Å². The number of halogens is 1. The summed E-state index contributed by atoms with van der Waals surface area (Å²) in [5, 5.41) is 2.72. The number of hydrogen-bond acceptors (Lipinski definition) is 14. The molecular weight excluding hydrogens is 698 g/mol. The molecule has 0 radical (unpaired) electrons. The molecule has 0 spiro atoms. The van der Waals surface area contributed by atoms with Crippen molar-refractivity contribution in [2.75, 3.05) is 31.0 Å². The molecule has 274 valence electrons. The highest BCUT2D eigenvalue weighted by Crippen LogP contribution is 2.49. The number of nitrogens with zero attached hydrogens (tertiary/aromatic N) is 1. The molecule has 1 aromatic carbocycles. The Morgan fingerprint density at radius 1 is 0.980 bits per heavy atom. The summed E-state index contributed by atoms with van der Waals surface area (Å²) in [6.45, 7) is 9.68. The number of aryl methyl sites for hydroxylation is 1. The predicted octanol–water partition coefficient (Wildman–Crippen LogP) is 4.32. The first-order chi connectivity index (χ1) is 23.7. The second-order valence-corrected chi connectivity index (χ2v) is 13.7. The molecule has 1 amide bonds. The van der Waals surface area contributed by atoms with Gasteiger partial charge in [0.25, 0.3) is 0 Å². The predicted molar refractivity (Wildman–Crippen MR) is 180 cm³/mol. The van der Waals surface area contributed by atoms with Crippen molar-refractivity contribution in [3.8, 4) is 5.75 Å². The summed E-state index contributed by atoms with van der Waals surface area (Å²) < 4.78 is 39.6. The molecule has 0 bridgehead atoms. The minimum atomic E-state index is -1.65. The number of fused-ring (bicyclic) bond motifs is 3. The van der Waals surface area contributed by atoms with Crippen LogP contribution >= 0.6 is 22.9 Å². The maximum absolute atomic E-state index is 13.6. The number of amides is 1. The largest absolute Gasteiger partial charge is 0.467 e. The van der Waals surface area contributed by atoms with Crippen molar-refractivity contribution in [2.45, 2.75) is 97.4 Å². The molecular formula is C34H42ClNO13S. The molecule has 3 heterocycles. The van der Waals surface area contributed by atoms with Gasteiger partial charge in [0, 0.05) is 63.4 Å². The second-order valence-electron chi connectivity index (χ2n) is 12.5. The van der Waals surface area contributed by atoms with E-state index in [0.717, 1.165) is 44.4 Å². The van der Waals surface area contributed by atoms with E-state index in [1.807, 2.05) is 26.2 Å². The number of carbonyl (C=O) groups excluding carboxylic acids is 6. The van der Waals surface area contributed by atoms with Gasteiger partial charge in [0.15, 0.2) is 18.3 Å². The van der Waals surface area contributed by atoms with Crippen LogP contribution in [0.1, 0.15) is 70.9 Å². The zero-order valence-corrected chi connectivity index (χ0v) is 30.6. The van der Waals surface area contributed by atoms with Crippen LogP contribution in [0.2, 0.25) is 0 Å². The Bertz CT molecular complexity index is 1620. The average Bonchev–Trinajstić information content (AvgIpc) is 3.61. The third-order valence-corrected chi connectivity index (χ3v) is 9.51. The van der Waals surface area contributed by atoms with Gasteiger partial charge in [0.2, 0.25) is 18.3 Å². The Labute approximate surface area is 298 Å². The Morgan fingerprint density at radius 3 is 2.22 bits per heavy atom. The van der Waals surface area contributed by atoms with Crippen molar-refractivity contribution < 1.29 is 61.9 Å². The van der Waals surface area contributed by atoms with Gasteiger partial charge in [0.1, 0.15) is 5.75 Å². The van der Waals surface area contributed by atoms with Gasteiger partial charge in [-0.1, -0.05) is 13.8 Å². The molecule has 16 heteroatoms. The molecule has 0 saturated carbocycles. The Kier molecular flexibility index (Phi) is 13.1. The molecule has 6 atom stereocenters. The molecule has 2 aliphatic heterocycles. The summed E-state index contributed by atoms with van der Waals surface area (Å²) in [6, 6.07) is 1.65. The molecule has 14 nitrogen and oxygen atoms in total. The van der Waals surface area contributed by atoms with E-state index in [4.69, 9.17) is 44.8 Å². The number of alkyl halides is 1. The fourth-order valence-electron chi connectivity index (χ4n) is 6.00. The van der Waals surface area contributed by atoms with Gasteiger partial charge in [0.05, 0.1) is 24.1 Å². The third-order valence-electron chi connectivity index (χ3n) is 8.03. The molecule has 2 aromatic rings. The normalized spacial score (nSPS) is 22.9. The van der Waals surface area contributed by atoms with Crippen LogP contribution in [0.4, 0.5) is 5.69 Å². The van der Waals surface area contributed by atoms with E-state index in [9.17, 15) is 28.8 Å². The summed E-state index contributed by atoms with van der Waals surface area (Å²) in [4.78, 5) is 77.0. The summed E-state index contributed by atoms with van der Waals surface area (Å²) >= 11 is 7.80. The van der Waals surface area contributed by atoms with Crippen LogP contribution in [0.15, 0.2) is 11.4 Å². The van der Waals surface area contributed by atoms with Gasteiger partial charge in [-0.25, -0.2) is 4.79 Å². The number of rotatable bonds is 13. The van der Waals surface area contributed by atoms with E-state index in [2.05, 4.69) is 0 Å². The number of methoxy groups -OCH3 is 1.